The highest BCUT2D eigenvalue weighted by atomic mass is 14.8. The first kappa shape index (κ1) is 12.9. The molecule has 5 nitrogen and oxygen atoms in total. The summed E-state index contributed by atoms with van der Waals surface area (Å²) in [6.45, 7) is 0. The van der Waals surface area contributed by atoms with Gasteiger partial charge < -0.3 is 16.5 Å². The molecule has 0 bridgehead atoms. The van der Waals surface area contributed by atoms with Crippen molar-refractivity contribution in [3.8, 4) is 11.1 Å². The molecule has 0 atom stereocenters. The van der Waals surface area contributed by atoms with E-state index in [0.29, 0.717) is 11.3 Å². The summed E-state index contributed by atoms with van der Waals surface area (Å²) in [5.74, 6) is -0.231. The molecule has 2 aromatic carbocycles. The molecule has 7 N–H and O–H groups in total. The van der Waals surface area contributed by atoms with Gasteiger partial charge in [0.15, 0.2) is 0 Å². The summed E-state index contributed by atoms with van der Waals surface area (Å²) in [4.78, 5) is 3.08. The zero-order valence-electron chi connectivity index (χ0n) is 11.3. The van der Waals surface area contributed by atoms with Gasteiger partial charge in [-0.15, -0.1) is 0 Å². The maximum Gasteiger partial charge on any atom is 0.140 e. The van der Waals surface area contributed by atoms with Gasteiger partial charge in [-0.2, -0.15) is 0 Å². The second-order valence-corrected chi connectivity index (χ2v) is 4.80. The van der Waals surface area contributed by atoms with E-state index in [1.165, 1.54) is 0 Å². The Labute approximate surface area is 121 Å². The number of fused-ring (bicyclic) bond motifs is 1. The third-order valence-corrected chi connectivity index (χ3v) is 3.45. The van der Waals surface area contributed by atoms with E-state index < -0.39 is 0 Å². The molecule has 0 radical (unpaired) electrons. The van der Waals surface area contributed by atoms with E-state index in [1.807, 2.05) is 48.5 Å². The fraction of sp³-hybridized carbons (Fsp3) is 0. The first-order chi connectivity index (χ1) is 10.1. The number of H-pyrrole nitrogens is 1. The van der Waals surface area contributed by atoms with Crippen LogP contribution in [0.3, 0.4) is 0 Å². The number of nitrogens with two attached hydrogens (primary N) is 2. The Kier molecular flexibility index (Phi) is 2.95. The molecule has 3 rings (SSSR count). The SMILES string of the molecule is N=C(N)c1[nH]c2cccc(-c3ccccc3)c2c1C(=N)N. The van der Waals surface area contributed by atoms with Crippen molar-refractivity contribution in [3.63, 3.8) is 0 Å². The van der Waals surface area contributed by atoms with E-state index in [0.717, 1.165) is 22.0 Å². The molecule has 0 fully saturated rings. The molecule has 0 amide bonds. The average molecular weight is 277 g/mol. The van der Waals surface area contributed by atoms with Gasteiger partial charge in [-0.1, -0.05) is 42.5 Å². The Bertz CT molecular complexity index is 846. The van der Waals surface area contributed by atoms with Crippen LogP contribution in [0, 0.1) is 10.8 Å². The maximum absolute atomic E-state index is 7.83. The van der Waals surface area contributed by atoms with Gasteiger partial charge in [0.05, 0.1) is 11.3 Å². The topological polar surface area (TPSA) is 116 Å². The summed E-state index contributed by atoms with van der Waals surface area (Å²) >= 11 is 0. The first-order valence-electron chi connectivity index (χ1n) is 6.48. The molecule has 1 aromatic heterocycles. The largest absolute Gasteiger partial charge is 0.384 e. The zero-order chi connectivity index (χ0) is 15.0. The number of aromatic nitrogens is 1. The summed E-state index contributed by atoms with van der Waals surface area (Å²) < 4.78 is 0. The molecule has 0 aliphatic carbocycles. The predicted octanol–water partition coefficient (Wildman–Crippen LogP) is 2.40. The fourth-order valence-corrected chi connectivity index (χ4v) is 2.58. The molecule has 0 saturated heterocycles. The molecule has 0 aliphatic heterocycles. The highest BCUT2D eigenvalue weighted by molar-refractivity contribution is 6.19. The van der Waals surface area contributed by atoms with Crippen LogP contribution >= 0.6 is 0 Å². The van der Waals surface area contributed by atoms with Crippen LogP contribution in [0.2, 0.25) is 0 Å². The summed E-state index contributed by atoms with van der Waals surface area (Å²) in [6, 6.07) is 15.7. The van der Waals surface area contributed by atoms with Gasteiger partial charge in [-0.3, -0.25) is 10.8 Å². The maximum atomic E-state index is 7.83. The number of amidine groups is 2. The second kappa shape index (κ2) is 4.79. The lowest BCUT2D eigenvalue weighted by atomic mass is 9.98. The molecule has 0 unspecified atom stereocenters. The standard InChI is InChI=1S/C16H15N5/c17-15(18)13-12-10(9-5-2-1-3-6-9)7-4-8-11(12)21-14(13)16(19)20/h1-8,21H,(H3,17,18)(H3,19,20). The van der Waals surface area contributed by atoms with E-state index >= 15 is 0 Å². The Morgan fingerprint density at radius 1 is 0.857 bits per heavy atom. The monoisotopic (exact) mass is 277 g/mol. The number of rotatable bonds is 3. The number of hydrogen-bond donors (Lipinski definition) is 5. The number of nitrogens with one attached hydrogen (secondary N) is 3. The van der Waals surface area contributed by atoms with Crippen molar-refractivity contribution < 1.29 is 0 Å². The van der Waals surface area contributed by atoms with E-state index in [-0.39, 0.29) is 11.7 Å². The number of nitrogen functional groups attached to an aromatic ring is 2. The van der Waals surface area contributed by atoms with Gasteiger partial charge in [0.25, 0.3) is 0 Å². The Morgan fingerprint density at radius 2 is 1.57 bits per heavy atom. The molecular formula is C16H15N5. The quantitative estimate of drug-likeness (QED) is 0.373. The number of aromatic amines is 1. The summed E-state index contributed by atoms with van der Waals surface area (Å²) in [6.07, 6.45) is 0. The highest BCUT2D eigenvalue weighted by Crippen LogP contribution is 2.32. The van der Waals surface area contributed by atoms with Gasteiger partial charge in [0.2, 0.25) is 0 Å². The molecule has 21 heavy (non-hydrogen) atoms. The predicted molar refractivity (Wildman–Crippen MR) is 85.8 cm³/mol. The van der Waals surface area contributed by atoms with Crippen LogP contribution in [0.4, 0.5) is 0 Å². The molecule has 5 heteroatoms. The molecule has 104 valence electrons. The molecule has 3 aromatic rings. The van der Waals surface area contributed by atoms with Crippen LogP contribution in [-0.2, 0) is 0 Å². The van der Waals surface area contributed by atoms with E-state index in [9.17, 15) is 0 Å². The smallest absolute Gasteiger partial charge is 0.140 e. The lowest BCUT2D eigenvalue weighted by Crippen LogP contribution is -2.20. The van der Waals surface area contributed by atoms with Crippen molar-refractivity contribution in [2.45, 2.75) is 0 Å². The second-order valence-electron chi connectivity index (χ2n) is 4.80. The van der Waals surface area contributed by atoms with Gasteiger partial charge in [-0.25, -0.2) is 0 Å². The Hall–Kier alpha value is -3.08. The van der Waals surface area contributed by atoms with Crippen LogP contribution in [-0.4, -0.2) is 16.7 Å². The minimum absolute atomic E-state index is 0.102. The van der Waals surface area contributed by atoms with Crippen LogP contribution < -0.4 is 11.5 Å². The van der Waals surface area contributed by atoms with Crippen LogP contribution in [0.1, 0.15) is 11.3 Å². The number of hydrogen-bond acceptors (Lipinski definition) is 2. The third-order valence-electron chi connectivity index (χ3n) is 3.45. The fourth-order valence-electron chi connectivity index (χ4n) is 2.58. The molecular weight excluding hydrogens is 262 g/mol. The van der Waals surface area contributed by atoms with Crippen LogP contribution in [0.25, 0.3) is 22.0 Å². The number of benzene rings is 2. The minimum Gasteiger partial charge on any atom is -0.384 e. The summed E-state index contributed by atoms with van der Waals surface area (Å²) in [5.41, 5.74) is 15.0. The Balaban J connectivity index is 2.42. The molecule has 0 aliphatic rings. The van der Waals surface area contributed by atoms with Crippen molar-refractivity contribution in [2.75, 3.05) is 0 Å². The van der Waals surface area contributed by atoms with Crippen LogP contribution in [0.5, 0.6) is 0 Å². The summed E-state index contributed by atoms with van der Waals surface area (Å²) in [7, 11) is 0. The van der Waals surface area contributed by atoms with Crippen molar-refractivity contribution in [2.24, 2.45) is 11.5 Å². The van der Waals surface area contributed by atoms with Gasteiger partial charge in [0.1, 0.15) is 11.7 Å². The van der Waals surface area contributed by atoms with E-state index in [2.05, 4.69) is 4.98 Å². The highest BCUT2D eigenvalue weighted by Gasteiger charge is 2.19. The molecule has 0 spiro atoms. The van der Waals surface area contributed by atoms with E-state index in [4.69, 9.17) is 22.3 Å². The van der Waals surface area contributed by atoms with Crippen molar-refractivity contribution in [1.82, 2.24) is 4.98 Å². The lowest BCUT2D eigenvalue weighted by molar-refractivity contribution is 1.32. The molecule has 1 heterocycles. The summed E-state index contributed by atoms with van der Waals surface area (Å²) in [5, 5.41) is 16.3. The molecule has 0 saturated carbocycles. The van der Waals surface area contributed by atoms with Crippen molar-refractivity contribution in [1.29, 1.82) is 10.8 Å². The average Bonchev–Trinajstić information content (AvgIpc) is 2.88. The van der Waals surface area contributed by atoms with Crippen molar-refractivity contribution >= 4 is 22.6 Å². The minimum atomic E-state index is -0.129. The third kappa shape index (κ3) is 2.04. The zero-order valence-corrected chi connectivity index (χ0v) is 11.3. The first-order valence-corrected chi connectivity index (χ1v) is 6.48. The van der Waals surface area contributed by atoms with E-state index in [1.54, 1.807) is 0 Å². The van der Waals surface area contributed by atoms with Gasteiger partial charge >= 0.3 is 0 Å². The normalized spacial score (nSPS) is 10.7. The van der Waals surface area contributed by atoms with Crippen molar-refractivity contribution in [3.05, 3.63) is 59.8 Å². The van der Waals surface area contributed by atoms with Gasteiger partial charge in [0, 0.05) is 10.9 Å². The van der Waals surface area contributed by atoms with Crippen LogP contribution in [0.15, 0.2) is 48.5 Å². The lowest BCUT2D eigenvalue weighted by Gasteiger charge is -2.06. The van der Waals surface area contributed by atoms with Gasteiger partial charge in [-0.05, 0) is 17.2 Å². The Morgan fingerprint density at radius 3 is 2.19 bits per heavy atom.